The average molecular weight is 441 g/mol. The maximum atomic E-state index is 13.6. The van der Waals surface area contributed by atoms with Gasteiger partial charge in [0.2, 0.25) is 0 Å². The van der Waals surface area contributed by atoms with E-state index in [1.807, 2.05) is 0 Å². The molecule has 0 N–H and O–H groups in total. The van der Waals surface area contributed by atoms with E-state index in [0.717, 1.165) is 38.2 Å². The number of hydrogen-bond donors (Lipinski definition) is 0. The van der Waals surface area contributed by atoms with Crippen molar-refractivity contribution in [1.82, 2.24) is 9.80 Å². The molecule has 8 heteroatoms. The number of amides is 2. The lowest BCUT2D eigenvalue weighted by molar-refractivity contribution is -0.138. The fourth-order valence-corrected chi connectivity index (χ4v) is 4.51. The van der Waals surface area contributed by atoms with Gasteiger partial charge in [0.05, 0.1) is 17.2 Å². The van der Waals surface area contributed by atoms with Crippen molar-refractivity contribution in [3.8, 4) is 0 Å². The summed E-state index contributed by atoms with van der Waals surface area (Å²) in [5.41, 5.74) is -1.88. The zero-order valence-electron chi connectivity index (χ0n) is 18.4. The van der Waals surface area contributed by atoms with Gasteiger partial charge in [-0.05, 0) is 52.2 Å². The highest BCUT2D eigenvalue weighted by Gasteiger charge is 2.41. The lowest BCUT2D eigenvalue weighted by atomic mass is 9.91. The topological polar surface area (TPSA) is 49.9 Å². The zero-order chi connectivity index (χ0) is 22.8. The van der Waals surface area contributed by atoms with Crippen molar-refractivity contribution in [2.75, 3.05) is 13.1 Å². The molecule has 0 radical (unpaired) electrons. The quantitative estimate of drug-likeness (QED) is 0.625. The molecule has 1 heterocycles. The molecule has 1 unspecified atom stereocenters. The number of likely N-dealkylation sites (tertiary alicyclic amines) is 1. The van der Waals surface area contributed by atoms with Gasteiger partial charge in [-0.1, -0.05) is 31.4 Å². The highest BCUT2D eigenvalue weighted by atomic mass is 19.4. The van der Waals surface area contributed by atoms with Crippen LogP contribution in [0.4, 0.5) is 18.0 Å². The van der Waals surface area contributed by atoms with E-state index in [1.165, 1.54) is 18.2 Å². The van der Waals surface area contributed by atoms with Gasteiger partial charge < -0.3 is 14.5 Å². The highest BCUT2D eigenvalue weighted by molar-refractivity contribution is 5.96. The van der Waals surface area contributed by atoms with Gasteiger partial charge in [0.1, 0.15) is 5.60 Å². The van der Waals surface area contributed by atoms with E-state index in [0.29, 0.717) is 13.0 Å². The third kappa shape index (κ3) is 5.71. The molecular weight excluding hydrogens is 409 g/mol. The van der Waals surface area contributed by atoms with Crippen molar-refractivity contribution < 1.29 is 27.5 Å². The van der Waals surface area contributed by atoms with E-state index in [9.17, 15) is 22.8 Å². The summed E-state index contributed by atoms with van der Waals surface area (Å²) in [5, 5.41) is 0. The van der Waals surface area contributed by atoms with Crippen LogP contribution in [0.2, 0.25) is 0 Å². The van der Waals surface area contributed by atoms with Gasteiger partial charge in [0.25, 0.3) is 5.91 Å². The lowest BCUT2D eigenvalue weighted by Gasteiger charge is -2.39. The van der Waals surface area contributed by atoms with E-state index in [4.69, 9.17) is 4.74 Å². The Hall–Kier alpha value is -2.25. The van der Waals surface area contributed by atoms with Crippen LogP contribution in [0.1, 0.15) is 75.2 Å². The van der Waals surface area contributed by atoms with Crippen LogP contribution in [-0.4, -0.2) is 52.6 Å². The highest BCUT2D eigenvalue weighted by Crippen LogP contribution is 2.35. The van der Waals surface area contributed by atoms with Crippen LogP contribution in [0.15, 0.2) is 24.3 Å². The first-order valence-corrected chi connectivity index (χ1v) is 10.9. The van der Waals surface area contributed by atoms with Crippen molar-refractivity contribution in [3.63, 3.8) is 0 Å². The molecule has 1 aliphatic carbocycles. The minimum Gasteiger partial charge on any atom is -0.444 e. The number of halogens is 3. The third-order valence-electron chi connectivity index (χ3n) is 5.87. The van der Waals surface area contributed by atoms with Gasteiger partial charge in [0.15, 0.2) is 0 Å². The largest absolute Gasteiger partial charge is 0.444 e. The molecule has 2 amide bonds. The Balaban J connectivity index is 1.87. The van der Waals surface area contributed by atoms with E-state index in [-0.39, 0.29) is 24.2 Å². The Bertz CT molecular complexity index is 798. The summed E-state index contributed by atoms with van der Waals surface area (Å²) >= 11 is 0. The van der Waals surface area contributed by atoms with Gasteiger partial charge in [-0.15, -0.1) is 0 Å². The van der Waals surface area contributed by atoms with Crippen molar-refractivity contribution in [1.29, 1.82) is 0 Å². The summed E-state index contributed by atoms with van der Waals surface area (Å²) in [5.74, 6) is -0.601. The molecule has 2 fully saturated rings. The molecule has 1 saturated heterocycles. The third-order valence-corrected chi connectivity index (χ3v) is 5.87. The Morgan fingerprint density at radius 3 is 2.26 bits per heavy atom. The summed E-state index contributed by atoms with van der Waals surface area (Å²) in [6.07, 6.45) is -0.0617. The number of carbonyl (C=O) groups is 2. The molecule has 1 saturated carbocycles. The van der Waals surface area contributed by atoms with Crippen LogP contribution in [0.3, 0.4) is 0 Å². The number of rotatable bonds is 3. The van der Waals surface area contributed by atoms with Crippen LogP contribution in [0, 0.1) is 0 Å². The van der Waals surface area contributed by atoms with Crippen LogP contribution in [0.25, 0.3) is 0 Å². The van der Waals surface area contributed by atoms with Crippen molar-refractivity contribution in [2.24, 2.45) is 0 Å². The summed E-state index contributed by atoms with van der Waals surface area (Å²) in [6.45, 7) is 6.03. The second kappa shape index (κ2) is 9.09. The average Bonchev–Trinajstić information content (AvgIpc) is 3.17. The second-order valence-corrected chi connectivity index (χ2v) is 9.42. The smallest absolute Gasteiger partial charge is 0.417 e. The van der Waals surface area contributed by atoms with Gasteiger partial charge >= 0.3 is 12.3 Å². The Morgan fingerprint density at radius 2 is 1.65 bits per heavy atom. The molecule has 1 aromatic rings. The molecule has 1 aliphatic heterocycles. The second-order valence-electron chi connectivity index (χ2n) is 9.42. The van der Waals surface area contributed by atoms with Crippen molar-refractivity contribution in [2.45, 2.75) is 83.2 Å². The van der Waals surface area contributed by atoms with Crippen LogP contribution < -0.4 is 0 Å². The number of ether oxygens (including phenoxy) is 1. The number of hydrogen-bond acceptors (Lipinski definition) is 3. The number of nitrogens with zero attached hydrogens (tertiary/aromatic N) is 2. The molecule has 0 aromatic heterocycles. The van der Waals surface area contributed by atoms with Gasteiger partial charge in [-0.2, -0.15) is 13.2 Å². The Morgan fingerprint density at radius 1 is 1.00 bits per heavy atom. The molecule has 1 aromatic carbocycles. The van der Waals surface area contributed by atoms with Crippen molar-refractivity contribution >= 4 is 12.0 Å². The summed E-state index contributed by atoms with van der Waals surface area (Å²) in [6, 6.07) is 4.51. The minimum absolute atomic E-state index is 0.119. The molecule has 0 spiro atoms. The van der Waals surface area contributed by atoms with E-state index >= 15 is 0 Å². The number of carbonyl (C=O) groups excluding carboxylic acids is 2. The lowest BCUT2D eigenvalue weighted by Crippen LogP contribution is -2.50. The number of alkyl halides is 3. The monoisotopic (exact) mass is 440 g/mol. The Kier molecular flexibility index (Phi) is 6.86. The standard InChI is InChI=1S/C23H31F3N2O3/c1-22(2,3)31-21(30)27-14-13-17(15-27)28(16-9-5-4-6-10-16)20(29)18-11-7-8-12-19(18)23(24,25)26/h7-8,11-12,16-17H,4-6,9-10,13-15H2,1-3H3. The molecule has 2 aliphatic rings. The van der Waals surface area contributed by atoms with E-state index in [2.05, 4.69) is 0 Å². The Labute approximate surface area is 181 Å². The van der Waals surface area contributed by atoms with Gasteiger partial charge in [-0.25, -0.2) is 4.79 Å². The first-order valence-electron chi connectivity index (χ1n) is 10.9. The molecule has 3 rings (SSSR count). The summed E-state index contributed by atoms with van der Waals surface area (Å²) < 4.78 is 46.2. The minimum atomic E-state index is -4.61. The first kappa shape index (κ1) is 23.4. The predicted octanol–water partition coefficient (Wildman–Crippen LogP) is 5.49. The molecule has 0 bridgehead atoms. The molecule has 31 heavy (non-hydrogen) atoms. The normalized spacial score (nSPS) is 20.6. The predicted molar refractivity (Wildman–Crippen MR) is 111 cm³/mol. The maximum Gasteiger partial charge on any atom is 0.417 e. The van der Waals surface area contributed by atoms with Crippen LogP contribution in [0.5, 0.6) is 0 Å². The molecule has 5 nitrogen and oxygen atoms in total. The summed E-state index contributed by atoms with van der Waals surface area (Å²) in [4.78, 5) is 29.2. The SMILES string of the molecule is CC(C)(C)OC(=O)N1CCC(N(C(=O)c2ccccc2C(F)(F)F)C2CCCCC2)C1. The first-order chi connectivity index (χ1) is 14.5. The fraction of sp³-hybridized carbons (Fsp3) is 0.652. The van der Waals surface area contributed by atoms with Crippen LogP contribution in [-0.2, 0) is 10.9 Å². The maximum absolute atomic E-state index is 13.6. The van der Waals surface area contributed by atoms with Crippen LogP contribution >= 0.6 is 0 Å². The molecular formula is C23H31F3N2O3. The van der Waals surface area contributed by atoms with Gasteiger partial charge in [0, 0.05) is 19.1 Å². The summed E-state index contributed by atoms with van der Waals surface area (Å²) in [7, 11) is 0. The fourth-order valence-electron chi connectivity index (χ4n) is 4.51. The van der Waals surface area contributed by atoms with Crippen molar-refractivity contribution in [3.05, 3.63) is 35.4 Å². The zero-order valence-corrected chi connectivity index (χ0v) is 18.4. The van der Waals surface area contributed by atoms with E-state index < -0.39 is 29.3 Å². The molecule has 1 atom stereocenters. The number of benzene rings is 1. The van der Waals surface area contributed by atoms with E-state index in [1.54, 1.807) is 30.6 Å². The van der Waals surface area contributed by atoms with Gasteiger partial charge in [-0.3, -0.25) is 4.79 Å². The molecule has 172 valence electrons.